The number of rotatable bonds is 8. The van der Waals surface area contributed by atoms with Gasteiger partial charge in [-0.3, -0.25) is 9.10 Å². The second kappa shape index (κ2) is 10.2. The fraction of sp³-hybridized carbons (Fsp3) is 0.240. The molecule has 3 rings (SSSR count). The summed E-state index contributed by atoms with van der Waals surface area (Å²) in [6.45, 7) is 4.58. The number of benzene rings is 3. The smallest absolute Gasteiger partial charge is 0.251 e. The molecule has 7 heteroatoms. The fourth-order valence-corrected chi connectivity index (χ4v) is 4.45. The van der Waals surface area contributed by atoms with Crippen molar-refractivity contribution in [3.63, 3.8) is 0 Å². The molecule has 0 spiro atoms. The highest BCUT2D eigenvalue weighted by molar-refractivity contribution is 7.92. The van der Waals surface area contributed by atoms with Crippen LogP contribution < -0.4 is 9.62 Å². The summed E-state index contributed by atoms with van der Waals surface area (Å²) in [5, 5.41) is 3.59. The molecule has 1 N–H and O–H groups in total. The van der Waals surface area contributed by atoms with E-state index in [0.29, 0.717) is 29.2 Å². The Balaban J connectivity index is 1.66. The molecule has 3 aromatic carbocycles. The van der Waals surface area contributed by atoms with Crippen LogP contribution in [0.1, 0.15) is 32.6 Å². The summed E-state index contributed by atoms with van der Waals surface area (Å²) in [4.78, 5) is 12.4. The van der Waals surface area contributed by atoms with Crippen LogP contribution >= 0.6 is 11.6 Å². The van der Waals surface area contributed by atoms with Crippen LogP contribution in [0.15, 0.2) is 66.7 Å². The van der Waals surface area contributed by atoms with Crippen molar-refractivity contribution in [2.45, 2.75) is 26.8 Å². The number of aryl methyl sites for hydroxylation is 1. The lowest BCUT2D eigenvalue weighted by Crippen LogP contribution is -2.30. The van der Waals surface area contributed by atoms with Gasteiger partial charge in [-0.1, -0.05) is 48.0 Å². The first kappa shape index (κ1) is 23.8. The van der Waals surface area contributed by atoms with Crippen molar-refractivity contribution in [2.24, 2.45) is 0 Å². The summed E-state index contributed by atoms with van der Waals surface area (Å²) in [5.74, 6) is -0.167. The molecule has 0 fully saturated rings. The highest BCUT2D eigenvalue weighted by Crippen LogP contribution is 2.26. The molecule has 0 bridgehead atoms. The zero-order valence-corrected chi connectivity index (χ0v) is 20.0. The van der Waals surface area contributed by atoms with Crippen molar-refractivity contribution in [1.82, 2.24) is 5.32 Å². The minimum Gasteiger partial charge on any atom is -0.352 e. The number of nitrogens with one attached hydrogen (secondary N) is 1. The molecule has 0 aliphatic rings. The van der Waals surface area contributed by atoms with E-state index in [1.54, 1.807) is 24.3 Å². The Morgan fingerprint density at radius 3 is 2.19 bits per heavy atom. The van der Waals surface area contributed by atoms with Gasteiger partial charge in [-0.15, -0.1) is 0 Å². The van der Waals surface area contributed by atoms with Crippen molar-refractivity contribution in [1.29, 1.82) is 0 Å². The number of sulfonamides is 1. The highest BCUT2D eigenvalue weighted by Gasteiger charge is 2.20. The molecule has 5 nitrogen and oxygen atoms in total. The maximum atomic E-state index is 12.5. The molecule has 0 aliphatic heterocycles. The molecule has 0 radical (unpaired) electrons. The predicted molar refractivity (Wildman–Crippen MR) is 131 cm³/mol. The van der Waals surface area contributed by atoms with Crippen molar-refractivity contribution in [3.8, 4) is 0 Å². The molecule has 0 atom stereocenters. The Morgan fingerprint density at radius 1 is 0.938 bits per heavy atom. The maximum Gasteiger partial charge on any atom is 0.251 e. The number of hydrogen-bond acceptors (Lipinski definition) is 3. The van der Waals surface area contributed by atoms with Crippen LogP contribution in [0.25, 0.3) is 0 Å². The molecule has 0 saturated heterocycles. The molecule has 0 unspecified atom stereocenters. The van der Waals surface area contributed by atoms with E-state index in [9.17, 15) is 13.2 Å². The van der Waals surface area contributed by atoms with Crippen LogP contribution in [0.5, 0.6) is 0 Å². The van der Waals surface area contributed by atoms with Crippen LogP contribution in [-0.4, -0.2) is 27.1 Å². The third-order valence-electron chi connectivity index (χ3n) is 5.40. The summed E-state index contributed by atoms with van der Waals surface area (Å²) in [7, 11) is -3.48. The number of halogens is 1. The average Bonchev–Trinajstić information content (AvgIpc) is 2.75. The molecule has 0 saturated carbocycles. The lowest BCUT2D eigenvalue weighted by Gasteiger charge is -2.25. The van der Waals surface area contributed by atoms with Crippen LogP contribution in [0.3, 0.4) is 0 Å². The minimum atomic E-state index is -3.48. The summed E-state index contributed by atoms with van der Waals surface area (Å²) in [5.41, 5.74) is 5.04. The summed E-state index contributed by atoms with van der Waals surface area (Å²) in [6, 6.07) is 20.2. The van der Waals surface area contributed by atoms with Gasteiger partial charge in [0.05, 0.1) is 18.5 Å². The third kappa shape index (κ3) is 6.11. The number of carbonyl (C=O) groups excluding carboxylic acids is 1. The van der Waals surface area contributed by atoms with E-state index < -0.39 is 10.0 Å². The quantitative estimate of drug-likeness (QED) is 0.509. The van der Waals surface area contributed by atoms with Gasteiger partial charge in [0.1, 0.15) is 0 Å². The molecule has 1 amide bonds. The Morgan fingerprint density at radius 2 is 1.56 bits per heavy atom. The Bertz CT molecular complexity index is 1190. The van der Waals surface area contributed by atoms with E-state index in [0.717, 1.165) is 22.3 Å². The van der Waals surface area contributed by atoms with E-state index in [1.165, 1.54) is 10.6 Å². The van der Waals surface area contributed by atoms with Crippen LogP contribution in [0.4, 0.5) is 5.69 Å². The molecule has 3 aromatic rings. The fourth-order valence-electron chi connectivity index (χ4n) is 3.39. The standard InChI is InChI=1S/C25H27ClN2O3S/c1-18-5-4-6-24(19(18)2)28(32(3,30)31)17-21-7-11-22(12-8-21)25(29)27-16-15-20-9-13-23(26)14-10-20/h4-14H,15-17H2,1-3H3,(H,27,29). The average molecular weight is 471 g/mol. The lowest BCUT2D eigenvalue weighted by molar-refractivity contribution is 0.0954. The molecular formula is C25H27ClN2O3S. The van der Waals surface area contributed by atoms with Crippen LogP contribution in [0, 0.1) is 13.8 Å². The van der Waals surface area contributed by atoms with Gasteiger partial charge in [0.15, 0.2) is 0 Å². The topological polar surface area (TPSA) is 66.5 Å². The summed E-state index contributed by atoms with van der Waals surface area (Å²) >= 11 is 5.89. The van der Waals surface area contributed by atoms with Gasteiger partial charge in [-0.2, -0.15) is 0 Å². The summed E-state index contributed by atoms with van der Waals surface area (Å²) < 4.78 is 26.4. The summed E-state index contributed by atoms with van der Waals surface area (Å²) in [6.07, 6.45) is 1.91. The van der Waals surface area contributed by atoms with E-state index in [4.69, 9.17) is 11.6 Å². The van der Waals surface area contributed by atoms with Crippen molar-refractivity contribution in [3.05, 3.63) is 99.6 Å². The monoisotopic (exact) mass is 470 g/mol. The SMILES string of the molecule is Cc1cccc(N(Cc2ccc(C(=O)NCCc3ccc(Cl)cc3)cc2)S(C)(=O)=O)c1C. The first-order chi connectivity index (χ1) is 15.1. The first-order valence-corrected chi connectivity index (χ1v) is 12.5. The lowest BCUT2D eigenvalue weighted by atomic mass is 10.1. The van der Waals surface area contributed by atoms with Gasteiger partial charge in [-0.05, 0) is 72.9 Å². The highest BCUT2D eigenvalue weighted by atomic mass is 35.5. The van der Waals surface area contributed by atoms with Gasteiger partial charge in [0.2, 0.25) is 10.0 Å². The van der Waals surface area contributed by atoms with E-state index in [-0.39, 0.29) is 12.5 Å². The number of hydrogen-bond donors (Lipinski definition) is 1. The van der Waals surface area contributed by atoms with E-state index >= 15 is 0 Å². The van der Waals surface area contributed by atoms with Gasteiger partial charge in [0.25, 0.3) is 5.91 Å². The van der Waals surface area contributed by atoms with Crippen LogP contribution in [0.2, 0.25) is 5.02 Å². The van der Waals surface area contributed by atoms with Crippen LogP contribution in [-0.2, 0) is 23.0 Å². The largest absolute Gasteiger partial charge is 0.352 e. The first-order valence-electron chi connectivity index (χ1n) is 10.3. The van der Waals surface area contributed by atoms with E-state index in [2.05, 4.69) is 5.32 Å². The molecule has 168 valence electrons. The number of carbonyl (C=O) groups is 1. The predicted octanol–water partition coefficient (Wildman–Crippen LogP) is 4.90. The van der Waals surface area contributed by atoms with E-state index in [1.807, 2.05) is 56.3 Å². The Labute approximate surface area is 195 Å². The zero-order chi connectivity index (χ0) is 23.3. The van der Waals surface area contributed by atoms with Crippen molar-refractivity contribution < 1.29 is 13.2 Å². The number of anilines is 1. The number of amides is 1. The molecule has 0 aromatic heterocycles. The Kier molecular flexibility index (Phi) is 7.59. The molecule has 0 heterocycles. The molecule has 0 aliphatic carbocycles. The van der Waals surface area contributed by atoms with Crippen molar-refractivity contribution >= 4 is 33.2 Å². The van der Waals surface area contributed by atoms with Gasteiger partial charge >= 0.3 is 0 Å². The normalized spacial score (nSPS) is 11.2. The van der Waals surface area contributed by atoms with Gasteiger partial charge in [-0.25, -0.2) is 8.42 Å². The number of nitrogens with zero attached hydrogens (tertiary/aromatic N) is 1. The van der Waals surface area contributed by atoms with Crippen molar-refractivity contribution in [2.75, 3.05) is 17.1 Å². The maximum absolute atomic E-state index is 12.5. The second-order valence-corrected chi connectivity index (χ2v) is 10.2. The molecular weight excluding hydrogens is 444 g/mol. The zero-order valence-electron chi connectivity index (χ0n) is 18.4. The molecule has 32 heavy (non-hydrogen) atoms. The minimum absolute atomic E-state index is 0.167. The van der Waals surface area contributed by atoms with Gasteiger partial charge in [0, 0.05) is 17.1 Å². The third-order valence-corrected chi connectivity index (χ3v) is 6.78. The Hall–Kier alpha value is -2.83. The second-order valence-electron chi connectivity index (χ2n) is 7.82. The van der Waals surface area contributed by atoms with Gasteiger partial charge < -0.3 is 5.32 Å².